The Labute approximate surface area is 191 Å². The highest BCUT2D eigenvalue weighted by Gasteiger charge is 2.32. The van der Waals surface area contributed by atoms with Gasteiger partial charge in [0.15, 0.2) is 0 Å². The lowest BCUT2D eigenvalue weighted by Gasteiger charge is -2.14. The van der Waals surface area contributed by atoms with Gasteiger partial charge in [0.2, 0.25) is 15.9 Å². The molecule has 174 valence electrons. The number of nitrogens with two attached hydrogens (primary N) is 1. The zero-order valence-electron chi connectivity index (χ0n) is 16.6. The van der Waals surface area contributed by atoms with Crippen LogP contribution < -0.4 is 19.9 Å². The van der Waals surface area contributed by atoms with Gasteiger partial charge in [-0.05, 0) is 42.5 Å². The minimum Gasteiger partial charge on any atom is -0.456 e. The van der Waals surface area contributed by atoms with Gasteiger partial charge in [-0.3, -0.25) is 4.79 Å². The van der Waals surface area contributed by atoms with Crippen molar-refractivity contribution in [3.05, 3.63) is 77.3 Å². The van der Waals surface area contributed by atoms with Crippen LogP contribution in [0.25, 0.3) is 0 Å². The molecule has 0 bridgehead atoms. The van der Waals surface area contributed by atoms with E-state index in [0.717, 1.165) is 12.1 Å². The molecule has 0 aromatic heterocycles. The van der Waals surface area contributed by atoms with Crippen molar-refractivity contribution in [2.24, 2.45) is 5.14 Å². The average molecular weight is 501 g/mol. The van der Waals surface area contributed by atoms with Crippen LogP contribution in [0.4, 0.5) is 18.9 Å². The van der Waals surface area contributed by atoms with Gasteiger partial charge in [-0.25, -0.2) is 13.6 Å². The first kappa shape index (κ1) is 24.4. The number of amides is 1. The topological polar surface area (TPSA) is 108 Å². The third-order valence-electron chi connectivity index (χ3n) is 4.11. The summed E-state index contributed by atoms with van der Waals surface area (Å²) < 4.78 is 71.3. The Kier molecular flexibility index (Phi) is 7.15. The average Bonchev–Trinajstić information content (AvgIpc) is 2.69. The predicted molar refractivity (Wildman–Crippen MR) is 115 cm³/mol. The Morgan fingerprint density at radius 3 is 2.39 bits per heavy atom. The molecule has 0 aliphatic heterocycles. The third-order valence-corrected chi connectivity index (χ3v) is 5.27. The van der Waals surface area contributed by atoms with Crippen molar-refractivity contribution in [2.45, 2.75) is 17.7 Å². The van der Waals surface area contributed by atoms with E-state index in [1.807, 2.05) is 0 Å². The van der Waals surface area contributed by atoms with E-state index < -0.39 is 39.4 Å². The fraction of sp³-hybridized carbons (Fsp3) is 0.0952. The van der Waals surface area contributed by atoms with Crippen molar-refractivity contribution in [3.63, 3.8) is 0 Å². The number of carbonyl (C=O) groups is 1. The van der Waals surface area contributed by atoms with Crippen LogP contribution in [-0.4, -0.2) is 20.7 Å². The van der Waals surface area contributed by atoms with Gasteiger partial charge in [-0.15, -0.1) is 13.2 Å². The number of alkyl halides is 3. The van der Waals surface area contributed by atoms with Crippen LogP contribution in [0.1, 0.15) is 5.56 Å². The number of halogens is 4. The van der Waals surface area contributed by atoms with E-state index in [9.17, 15) is 26.4 Å². The minimum atomic E-state index is -4.92. The second kappa shape index (κ2) is 9.69. The number of carbonyl (C=O) groups excluding carboxylic acids is 1. The van der Waals surface area contributed by atoms with Crippen LogP contribution in [0.15, 0.2) is 71.6 Å². The summed E-state index contributed by atoms with van der Waals surface area (Å²) in [4.78, 5) is 12.0. The lowest BCUT2D eigenvalue weighted by atomic mass is 10.1. The standard InChI is InChI=1S/C21H16ClF3N2O5S/c22-14-5-3-6-16(11-14)31-18-9-8-15(12-19(18)33(26,29)30)27-20(28)10-13-4-1-2-7-17(13)32-21(23,24)25/h1-9,11-12H,10H2,(H,27,28)(H2,26,29,30). The molecule has 0 aliphatic rings. The summed E-state index contributed by atoms with van der Waals surface area (Å²) in [7, 11) is -4.26. The molecule has 0 atom stereocenters. The molecular formula is C21H16ClF3N2O5S. The first-order valence-electron chi connectivity index (χ1n) is 9.14. The van der Waals surface area contributed by atoms with Gasteiger partial charge >= 0.3 is 6.36 Å². The van der Waals surface area contributed by atoms with Crippen molar-refractivity contribution in [3.8, 4) is 17.2 Å². The summed E-state index contributed by atoms with van der Waals surface area (Å²) in [6, 6.07) is 15.1. The lowest BCUT2D eigenvalue weighted by Crippen LogP contribution is -2.20. The van der Waals surface area contributed by atoms with E-state index in [4.69, 9.17) is 21.5 Å². The molecule has 0 unspecified atom stereocenters. The van der Waals surface area contributed by atoms with Crippen LogP contribution in [0, 0.1) is 0 Å². The van der Waals surface area contributed by atoms with E-state index in [1.54, 1.807) is 18.2 Å². The lowest BCUT2D eigenvalue weighted by molar-refractivity contribution is -0.274. The van der Waals surface area contributed by atoms with Gasteiger partial charge in [0, 0.05) is 16.3 Å². The van der Waals surface area contributed by atoms with Gasteiger partial charge in [0.1, 0.15) is 22.1 Å². The summed E-state index contributed by atoms with van der Waals surface area (Å²) in [5.41, 5.74) is 0.0246. The third kappa shape index (κ3) is 7.11. The van der Waals surface area contributed by atoms with E-state index in [-0.39, 0.29) is 22.7 Å². The molecule has 0 saturated carbocycles. The number of para-hydroxylation sites is 1. The number of hydrogen-bond acceptors (Lipinski definition) is 5. The Morgan fingerprint density at radius 2 is 1.73 bits per heavy atom. The zero-order chi connectivity index (χ0) is 24.2. The Morgan fingerprint density at radius 1 is 1.00 bits per heavy atom. The van der Waals surface area contributed by atoms with E-state index >= 15 is 0 Å². The molecule has 3 aromatic carbocycles. The highest BCUT2D eigenvalue weighted by Crippen LogP contribution is 2.32. The van der Waals surface area contributed by atoms with Gasteiger partial charge in [0.05, 0.1) is 6.42 Å². The maximum atomic E-state index is 12.6. The monoisotopic (exact) mass is 500 g/mol. The Hall–Kier alpha value is -3.28. The number of hydrogen-bond donors (Lipinski definition) is 2. The molecule has 7 nitrogen and oxygen atoms in total. The number of benzene rings is 3. The number of sulfonamides is 1. The zero-order valence-corrected chi connectivity index (χ0v) is 18.2. The molecular weight excluding hydrogens is 485 g/mol. The molecule has 3 rings (SSSR count). The van der Waals surface area contributed by atoms with Crippen molar-refractivity contribution in [1.82, 2.24) is 0 Å². The minimum absolute atomic E-state index is 0.0140. The van der Waals surface area contributed by atoms with Crippen molar-refractivity contribution in [1.29, 1.82) is 0 Å². The molecule has 0 aliphatic carbocycles. The molecule has 3 N–H and O–H groups in total. The van der Waals surface area contributed by atoms with Crippen LogP contribution in [0.3, 0.4) is 0 Å². The molecule has 3 aromatic rings. The van der Waals surface area contributed by atoms with Gasteiger partial charge in [0.25, 0.3) is 0 Å². The number of anilines is 1. The fourth-order valence-corrected chi connectivity index (χ4v) is 3.66. The number of primary sulfonamides is 1. The summed E-state index contributed by atoms with van der Waals surface area (Å²) in [5.74, 6) is -1.08. The van der Waals surface area contributed by atoms with E-state index in [1.165, 1.54) is 36.4 Å². The van der Waals surface area contributed by atoms with Crippen molar-refractivity contribution in [2.75, 3.05) is 5.32 Å². The first-order chi connectivity index (χ1) is 15.4. The quantitative estimate of drug-likeness (QED) is 0.481. The van der Waals surface area contributed by atoms with Crippen molar-refractivity contribution >= 4 is 33.2 Å². The molecule has 33 heavy (non-hydrogen) atoms. The van der Waals surface area contributed by atoms with E-state index in [2.05, 4.69) is 10.1 Å². The van der Waals surface area contributed by atoms with Crippen LogP contribution in [0.2, 0.25) is 5.02 Å². The summed E-state index contributed by atoms with van der Waals surface area (Å²) >= 11 is 5.89. The molecule has 0 fully saturated rings. The van der Waals surface area contributed by atoms with Gasteiger partial charge in [-0.1, -0.05) is 35.9 Å². The van der Waals surface area contributed by atoms with Crippen molar-refractivity contribution < 1.29 is 35.9 Å². The largest absolute Gasteiger partial charge is 0.573 e. The van der Waals surface area contributed by atoms with E-state index in [0.29, 0.717) is 5.02 Å². The highest BCUT2D eigenvalue weighted by molar-refractivity contribution is 7.89. The first-order valence-corrected chi connectivity index (χ1v) is 11.1. The molecule has 0 heterocycles. The second-order valence-electron chi connectivity index (χ2n) is 6.65. The van der Waals surface area contributed by atoms with Gasteiger partial charge in [-0.2, -0.15) is 0 Å². The van der Waals surface area contributed by atoms with Gasteiger partial charge < -0.3 is 14.8 Å². The normalized spacial score (nSPS) is 11.7. The maximum Gasteiger partial charge on any atom is 0.573 e. The smallest absolute Gasteiger partial charge is 0.456 e. The molecule has 12 heteroatoms. The SMILES string of the molecule is NS(=O)(=O)c1cc(NC(=O)Cc2ccccc2OC(F)(F)F)ccc1Oc1cccc(Cl)c1. The summed E-state index contributed by atoms with van der Waals surface area (Å²) in [5, 5.41) is 8.06. The number of ether oxygens (including phenoxy) is 2. The fourth-order valence-electron chi connectivity index (χ4n) is 2.80. The molecule has 1 amide bonds. The van der Waals surface area contributed by atoms with Crippen LogP contribution in [-0.2, 0) is 21.2 Å². The Bertz CT molecular complexity index is 1280. The molecule has 0 spiro atoms. The highest BCUT2D eigenvalue weighted by atomic mass is 35.5. The summed E-state index contributed by atoms with van der Waals surface area (Å²) in [6.45, 7) is 0. The maximum absolute atomic E-state index is 12.6. The number of nitrogens with one attached hydrogen (secondary N) is 1. The van der Waals surface area contributed by atoms with Crippen LogP contribution >= 0.6 is 11.6 Å². The van der Waals surface area contributed by atoms with Crippen LogP contribution in [0.5, 0.6) is 17.2 Å². The Balaban J connectivity index is 1.81. The molecule has 0 radical (unpaired) electrons. The second-order valence-corrected chi connectivity index (χ2v) is 8.61. The molecule has 0 saturated heterocycles. The predicted octanol–water partition coefficient (Wildman–Crippen LogP) is 4.86. The summed E-state index contributed by atoms with van der Waals surface area (Å²) in [6.07, 6.45) is -5.38. The number of rotatable bonds is 7.